The molecule has 2 aromatic rings. The number of aromatic nitrogens is 1. The fourth-order valence-corrected chi connectivity index (χ4v) is 1.95. The lowest BCUT2D eigenvalue weighted by Crippen LogP contribution is -1.75. The second-order valence-corrected chi connectivity index (χ2v) is 4.09. The average Bonchev–Trinajstić information content (AvgIpc) is 2.30. The molecular weight excluding hydrogens is 243 g/mol. The normalized spacial score (nSPS) is 10.8. The molecule has 2 rings (SSSR count). The Morgan fingerprint density at radius 1 is 1.50 bits per heavy atom. The second-order valence-electron chi connectivity index (χ2n) is 2.23. The van der Waals surface area contributed by atoms with Crippen LogP contribution in [0.25, 0.3) is 10.2 Å². The lowest BCUT2D eigenvalue weighted by Gasteiger charge is -1.91. The molecule has 0 fully saturated rings. The van der Waals surface area contributed by atoms with Crippen molar-refractivity contribution in [1.29, 1.82) is 0 Å². The predicted molar refractivity (Wildman–Crippen MR) is 49.1 cm³/mol. The zero-order valence-corrected chi connectivity index (χ0v) is 8.12. The Hall–Kier alpha value is -0.680. The van der Waals surface area contributed by atoms with Crippen molar-refractivity contribution in [1.82, 2.24) is 10.7 Å². The van der Waals surface area contributed by atoms with Gasteiger partial charge in [0.15, 0.2) is 0 Å². The molecule has 1 aromatic heterocycles. The van der Waals surface area contributed by atoms with Crippen LogP contribution in [0.4, 0.5) is 9.52 Å². The van der Waals surface area contributed by atoms with E-state index in [-0.39, 0.29) is 10.9 Å². The van der Waals surface area contributed by atoms with E-state index in [2.05, 4.69) is 20.9 Å². The van der Waals surface area contributed by atoms with Gasteiger partial charge in [0.25, 0.3) is 0 Å². The quantitative estimate of drug-likeness (QED) is 0.702. The van der Waals surface area contributed by atoms with Crippen LogP contribution in [0, 0.1) is 5.82 Å². The van der Waals surface area contributed by atoms with Crippen LogP contribution in [0.5, 0.6) is 0 Å². The Morgan fingerprint density at radius 3 is 3.00 bits per heavy atom. The highest BCUT2D eigenvalue weighted by Gasteiger charge is 2.06. The van der Waals surface area contributed by atoms with Crippen molar-refractivity contribution in [2.24, 2.45) is 0 Å². The molecule has 0 bridgehead atoms. The van der Waals surface area contributed by atoms with Gasteiger partial charge in [0.05, 0.1) is 14.7 Å². The number of benzene rings is 1. The molecule has 0 amide bonds. The summed E-state index contributed by atoms with van der Waals surface area (Å²) in [6, 6.07) is 2.89. The summed E-state index contributed by atoms with van der Waals surface area (Å²) in [6.07, 6.45) is 0. The zero-order chi connectivity index (χ0) is 8.72. The lowest BCUT2D eigenvalue weighted by atomic mass is 10.3. The first-order valence-corrected chi connectivity index (χ1v) is 4.72. The van der Waals surface area contributed by atoms with Crippen LogP contribution in [0.1, 0.15) is 0 Å². The van der Waals surface area contributed by atoms with Crippen molar-refractivity contribution in [3.05, 3.63) is 22.4 Å². The molecule has 0 aliphatic carbocycles. The van der Waals surface area contributed by atoms with Gasteiger partial charge in [-0.2, -0.15) is 0 Å². The fourth-order valence-electron chi connectivity index (χ4n) is 0.911. The van der Waals surface area contributed by atoms with E-state index in [1.165, 1.54) is 6.07 Å². The van der Waals surface area contributed by atoms with Gasteiger partial charge in [-0.05, 0) is 28.1 Å². The highest BCUT2D eigenvalue weighted by atomic mass is 79.9. The largest absolute Gasteiger partial charge is 0.231 e. The summed E-state index contributed by atoms with van der Waals surface area (Å²) in [5, 5.41) is -0.0394. The van der Waals surface area contributed by atoms with Crippen LogP contribution in [0.15, 0.2) is 16.6 Å². The second kappa shape index (κ2) is 2.67. The number of thiazole rings is 1. The third kappa shape index (κ3) is 1.19. The number of halogens is 2. The third-order valence-electron chi connectivity index (χ3n) is 1.42. The number of fused-ring (bicyclic) bond motifs is 1. The summed E-state index contributed by atoms with van der Waals surface area (Å²) >= 11 is 4.09. The molecule has 0 spiro atoms. The van der Waals surface area contributed by atoms with Crippen LogP contribution in [-0.2, 0) is 0 Å². The SMILES string of the molecule is [N]c1nc2cc(Br)c(F)cc2s1. The summed E-state index contributed by atoms with van der Waals surface area (Å²) in [5.74, 6) is -0.342. The molecule has 5 heteroatoms. The molecule has 1 aromatic carbocycles. The molecule has 0 saturated carbocycles. The molecule has 2 nitrogen and oxygen atoms in total. The van der Waals surface area contributed by atoms with Crippen molar-refractivity contribution in [3.8, 4) is 0 Å². The first-order valence-electron chi connectivity index (χ1n) is 3.11. The molecule has 0 aliphatic heterocycles. The molecule has 0 N–H and O–H groups in total. The number of hydrogen-bond acceptors (Lipinski definition) is 2. The van der Waals surface area contributed by atoms with Crippen LogP contribution in [-0.4, -0.2) is 4.98 Å². The van der Waals surface area contributed by atoms with E-state index in [9.17, 15) is 4.39 Å². The van der Waals surface area contributed by atoms with Gasteiger partial charge in [-0.25, -0.2) is 9.37 Å². The van der Waals surface area contributed by atoms with Gasteiger partial charge in [-0.15, -0.1) is 5.73 Å². The summed E-state index contributed by atoms with van der Waals surface area (Å²) in [5.41, 5.74) is 9.61. The first kappa shape index (κ1) is 7.94. The number of nitrogens with zero attached hydrogens (tertiary/aromatic N) is 2. The molecule has 60 valence electrons. The van der Waals surface area contributed by atoms with Gasteiger partial charge < -0.3 is 0 Å². The molecule has 0 atom stereocenters. The summed E-state index contributed by atoms with van der Waals surface area (Å²) in [7, 11) is 0. The van der Waals surface area contributed by atoms with E-state index in [1.807, 2.05) is 0 Å². The van der Waals surface area contributed by atoms with Crippen LogP contribution in [0.2, 0.25) is 0 Å². The van der Waals surface area contributed by atoms with Crippen molar-refractivity contribution in [2.75, 3.05) is 0 Å². The summed E-state index contributed by atoms with van der Waals surface area (Å²) in [4.78, 5) is 3.79. The van der Waals surface area contributed by atoms with Gasteiger partial charge >= 0.3 is 0 Å². The molecule has 0 unspecified atom stereocenters. The summed E-state index contributed by atoms with van der Waals surface area (Å²) in [6.45, 7) is 0. The Labute approximate surface area is 80.3 Å². The minimum absolute atomic E-state index is 0.0394. The van der Waals surface area contributed by atoms with E-state index in [0.29, 0.717) is 14.7 Å². The number of rotatable bonds is 0. The van der Waals surface area contributed by atoms with Gasteiger partial charge in [0, 0.05) is 0 Å². The Balaban J connectivity index is 2.83. The van der Waals surface area contributed by atoms with Crippen LogP contribution in [0.3, 0.4) is 0 Å². The Bertz CT molecular complexity index is 401. The molecule has 2 radical (unpaired) electrons. The van der Waals surface area contributed by atoms with Crippen molar-refractivity contribution < 1.29 is 4.39 Å². The maximum absolute atomic E-state index is 12.9. The minimum atomic E-state index is -0.342. The highest BCUT2D eigenvalue weighted by molar-refractivity contribution is 9.10. The van der Waals surface area contributed by atoms with E-state index < -0.39 is 0 Å². The topological polar surface area (TPSA) is 35.2 Å². The highest BCUT2D eigenvalue weighted by Crippen LogP contribution is 2.28. The van der Waals surface area contributed by atoms with Crippen molar-refractivity contribution in [3.63, 3.8) is 0 Å². The molecule has 0 saturated heterocycles. The molecule has 0 aliphatic rings. The van der Waals surface area contributed by atoms with Crippen molar-refractivity contribution >= 4 is 42.6 Å². The average molecular weight is 245 g/mol. The molecule has 12 heavy (non-hydrogen) atoms. The van der Waals surface area contributed by atoms with Crippen molar-refractivity contribution in [2.45, 2.75) is 0 Å². The van der Waals surface area contributed by atoms with Gasteiger partial charge in [0.1, 0.15) is 5.82 Å². The Morgan fingerprint density at radius 2 is 2.25 bits per heavy atom. The van der Waals surface area contributed by atoms with Gasteiger partial charge in [-0.1, -0.05) is 11.3 Å². The van der Waals surface area contributed by atoms with Crippen LogP contribution < -0.4 is 5.73 Å². The van der Waals surface area contributed by atoms with E-state index >= 15 is 0 Å². The van der Waals surface area contributed by atoms with Gasteiger partial charge in [0.2, 0.25) is 5.13 Å². The van der Waals surface area contributed by atoms with E-state index in [1.54, 1.807) is 6.07 Å². The molecule has 1 heterocycles. The zero-order valence-electron chi connectivity index (χ0n) is 5.71. The first-order chi connectivity index (χ1) is 5.66. The van der Waals surface area contributed by atoms with E-state index in [0.717, 1.165) is 11.3 Å². The minimum Gasteiger partial charge on any atom is -0.217 e. The maximum atomic E-state index is 12.9. The van der Waals surface area contributed by atoms with E-state index in [4.69, 9.17) is 5.73 Å². The number of hydrogen-bond donors (Lipinski definition) is 0. The maximum Gasteiger partial charge on any atom is 0.231 e. The van der Waals surface area contributed by atoms with Crippen LogP contribution >= 0.6 is 27.3 Å². The fraction of sp³-hybridized carbons (Fsp3) is 0. The van der Waals surface area contributed by atoms with Gasteiger partial charge in [-0.3, -0.25) is 0 Å². The lowest BCUT2D eigenvalue weighted by molar-refractivity contribution is 0.623. The molecular formula is C7H2BrFN2S. The Kier molecular flexibility index (Phi) is 1.77. The summed E-state index contributed by atoms with van der Waals surface area (Å²) < 4.78 is 13.9. The smallest absolute Gasteiger partial charge is 0.217 e. The monoisotopic (exact) mass is 244 g/mol. The predicted octanol–water partition coefficient (Wildman–Crippen LogP) is 2.90. The third-order valence-corrected chi connectivity index (χ3v) is 2.85. The standard InChI is InChI=1S/C7H2BrFN2S/c8-3-1-5-6(2-4(3)9)12-7(10)11-5/h1-2H.